The molecule has 2 heterocycles. The van der Waals surface area contributed by atoms with Gasteiger partial charge in [-0.25, -0.2) is 12.7 Å². The average molecular weight is 432 g/mol. The summed E-state index contributed by atoms with van der Waals surface area (Å²) in [6, 6.07) is 8.41. The molecule has 1 aromatic carbocycles. The van der Waals surface area contributed by atoms with Crippen LogP contribution in [0.5, 0.6) is 5.88 Å². The van der Waals surface area contributed by atoms with Gasteiger partial charge in [0, 0.05) is 31.4 Å². The van der Waals surface area contributed by atoms with Crippen molar-refractivity contribution in [2.75, 3.05) is 26.0 Å². The van der Waals surface area contributed by atoms with Crippen molar-refractivity contribution in [3.8, 4) is 5.88 Å². The van der Waals surface area contributed by atoms with E-state index in [-0.39, 0.29) is 10.8 Å². The molecule has 0 aliphatic carbocycles. The minimum absolute atomic E-state index is 0.236. The zero-order chi connectivity index (χ0) is 22.1. The largest absolute Gasteiger partial charge is 0.477 e. The Kier molecular flexibility index (Phi) is 6.33. The number of hydrogen-bond acceptors (Lipinski definition) is 6. The number of benzene rings is 1. The summed E-state index contributed by atoms with van der Waals surface area (Å²) < 4.78 is 33.4. The SMILES string of the molecule is CC(C)COc1cc(Nc2ccc(S(=O)(=O)N(C)C)cc2)n2ncc(C(C)C)c2n1. The van der Waals surface area contributed by atoms with Gasteiger partial charge in [0.25, 0.3) is 0 Å². The first kappa shape index (κ1) is 22.0. The Hall–Kier alpha value is -2.65. The van der Waals surface area contributed by atoms with Gasteiger partial charge >= 0.3 is 0 Å². The van der Waals surface area contributed by atoms with Gasteiger partial charge in [0.05, 0.1) is 17.7 Å². The molecule has 0 atom stereocenters. The van der Waals surface area contributed by atoms with Crippen molar-refractivity contribution in [3.63, 3.8) is 0 Å². The smallest absolute Gasteiger partial charge is 0.242 e. The maximum Gasteiger partial charge on any atom is 0.242 e. The van der Waals surface area contributed by atoms with Crippen LogP contribution in [-0.4, -0.2) is 48.0 Å². The third kappa shape index (κ3) is 4.57. The topological polar surface area (TPSA) is 88.8 Å². The summed E-state index contributed by atoms with van der Waals surface area (Å²) in [6.07, 6.45) is 1.82. The maximum absolute atomic E-state index is 12.3. The van der Waals surface area contributed by atoms with Gasteiger partial charge in [-0.15, -0.1) is 0 Å². The molecule has 3 rings (SSSR count). The Bertz CT molecular complexity index is 1120. The highest BCUT2D eigenvalue weighted by atomic mass is 32.2. The molecule has 162 valence electrons. The molecule has 0 amide bonds. The first-order valence-electron chi connectivity index (χ1n) is 9.90. The summed E-state index contributed by atoms with van der Waals surface area (Å²) in [4.78, 5) is 4.89. The second-order valence-electron chi connectivity index (χ2n) is 8.11. The van der Waals surface area contributed by atoms with Gasteiger partial charge < -0.3 is 10.1 Å². The molecule has 0 saturated heterocycles. The molecule has 0 unspecified atom stereocenters. The molecule has 30 heavy (non-hydrogen) atoms. The molecule has 3 aromatic rings. The minimum atomic E-state index is -3.47. The van der Waals surface area contributed by atoms with Crippen molar-refractivity contribution < 1.29 is 13.2 Å². The number of nitrogens with zero attached hydrogens (tertiary/aromatic N) is 4. The van der Waals surface area contributed by atoms with Crippen LogP contribution in [0.15, 0.2) is 41.4 Å². The van der Waals surface area contributed by atoms with Gasteiger partial charge in [-0.05, 0) is 36.1 Å². The second kappa shape index (κ2) is 8.61. The first-order chi connectivity index (χ1) is 14.1. The molecule has 0 saturated carbocycles. The summed E-state index contributed by atoms with van der Waals surface area (Å²) in [5.41, 5.74) is 2.50. The van der Waals surface area contributed by atoms with E-state index in [1.807, 2.05) is 6.20 Å². The zero-order valence-corrected chi connectivity index (χ0v) is 19.1. The van der Waals surface area contributed by atoms with Crippen LogP contribution >= 0.6 is 0 Å². The summed E-state index contributed by atoms with van der Waals surface area (Å²) in [5, 5.41) is 7.79. The summed E-state index contributed by atoms with van der Waals surface area (Å²) in [6.45, 7) is 8.92. The number of anilines is 2. The number of sulfonamides is 1. The maximum atomic E-state index is 12.3. The molecule has 0 aliphatic rings. The number of ether oxygens (including phenoxy) is 1. The lowest BCUT2D eigenvalue weighted by Crippen LogP contribution is -2.22. The van der Waals surface area contributed by atoms with Crippen molar-refractivity contribution in [2.24, 2.45) is 5.92 Å². The van der Waals surface area contributed by atoms with E-state index in [9.17, 15) is 8.42 Å². The average Bonchev–Trinajstić information content (AvgIpc) is 3.11. The Morgan fingerprint density at radius 3 is 2.37 bits per heavy atom. The summed E-state index contributed by atoms with van der Waals surface area (Å²) in [5.74, 6) is 1.85. The zero-order valence-electron chi connectivity index (χ0n) is 18.2. The number of hydrogen-bond donors (Lipinski definition) is 1. The molecule has 0 spiro atoms. The number of rotatable bonds is 8. The van der Waals surface area contributed by atoms with Crippen LogP contribution in [0.3, 0.4) is 0 Å². The molecule has 0 fully saturated rings. The van der Waals surface area contributed by atoms with E-state index in [2.05, 4.69) is 43.1 Å². The van der Waals surface area contributed by atoms with E-state index in [0.717, 1.165) is 16.9 Å². The number of aromatic nitrogens is 3. The van der Waals surface area contributed by atoms with Crippen molar-refractivity contribution in [1.82, 2.24) is 18.9 Å². The molecule has 8 nitrogen and oxygen atoms in total. The van der Waals surface area contributed by atoms with Gasteiger partial charge in [0.2, 0.25) is 15.9 Å². The lowest BCUT2D eigenvalue weighted by atomic mass is 10.1. The van der Waals surface area contributed by atoms with Gasteiger partial charge in [-0.2, -0.15) is 14.6 Å². The minimum Gasteiger partial charge on any atom is -0.477 e. The fourth-order valence-electron chi connectivity index (χ4n) is 2.85. The van der Waals surface area contributed by atoms with E-state index in [1.165, 1.54) is 18.4 Å². The lowest BCUT2D eigenvalue weighted by Gasteiger charge is -2.14. The van der Waals surface area contributed by atoms with Crippen molar-refractivity contribution in [2.45, 2.75) is 38.5 Å². The van der Waals surface area contributed by atoms with E-state index >= 15 is 0 Å². The van der Waals surface area contributed by atoms with Crippen molar-refractivity contribution in [3.05, 3.63) is 42.1 Å². The molecule has 0 bridgehead atoms. The highest BCUT2D eigenvalue weighted by Gasteiger charge is 2.18. The molecule has 9 heteroatoms. The van der Waals surface area contributed by atoms with Crippen LogP contribution in [-0.2, 0) is 10.0 Å². The summed E-state index contributed by atoms with van der Waals surface area (Å²) in [7, 11) is -0.448. The standard InChI is InChI=1S/C21H29N5O3S/c1-14(2)13-29-20-11-19(26-21(24-20)18(12-22-26)15(3)4)23-16-7-9-17(10-8-16)30(27,28)25(5)6/h7-12,14-15,23H,13H2,1-6H3. The highest BCUT2D eigenvalue weighted by molar-refractivity contribution is 7.89. The molecule has 2 aromatic heterocycles. The fourth-order valence-corrected chi connectivity index (χ4v) is 3.75. The van der Waals surface area contributed by atoms with E-state index in [1.54, 1.807) is 34.8 Å². The third-order valence-electron chi connectivity index (χ3n) is 4.57. The Morgan fingerprint density at radius 1 is 1.13 bits per heavy atom. The molecular formula is C21H29N5O3S. The van der Waals surface area contributed by atoms with Crippen LogP contribution in [0.1, 0.15) is 39.2 Å². The molecular weight excluding hydrogens is 402 g/mol. The number of fused-ring (bicyclic) bond motifs is 1. The second-order valence-corrected chi connectivity index (χ2v) is 10.3. The van der Waals surface area contributed by atoms with Crippen molar-refractivity contribution in [1.29, 1.82) is 0 Å². The predicted octanol–water partition coefficient (Wildman–Crippen LogP) is 3.88. The predicted molar refractivity (Wildman–Crippen MR) is 118 cm³/mol. The van der Waals surface area contributed by atoms with Gasteiger partial charge in [0.1, 0.15) is 5.82 Å². The Morgan fingerprint density at radius 2 is 1.80 bits per heavy atom. The van der Waals surface area contributed by atoms with Gasteiger partial charge in [-0.3, -0.25) is 0 Å². The van der Waals surface area contributed by atoms with E-state index in [4.69, 9.17) is 4.74 Å². The van der Waals surface area contributed by atoms with Gasteiger partial charge in [0.15, 0.2) is 5.65 Å². The van der Waals surface area contributed by atoms with Crippen LogP contribution in [0.25, 0.3) is 5.65 Å². The lowest BCUT2D eigenvalue weighted by molar-refractivity contribution is 0.261. The third-order valence-corrected chi connectivity index (χ3v) is 6.40. The van der Waals surface area contributed by atoms with E-state index in [0.29, 0.717) is 24.2 Å². The normalized spacial score (nSPS) is 12.3. The Labute approximate surface area is 177 Å². The molecule has 0 radical (unpaired) electrons. The highest BCUT2D eigenvalue weighted by Crippen LogP contribution is 2.27. The monoisotopic (exact) mass is 431 g/mol. The van der Waals surface area contributed by atoms with Crippen molar-refractivity contribution >= 4 is 27.2 Å². The molecule has 1 N–H and O–H groups in total. The van der Waals surface area contributed by atoms with Crippen LogP contribution in [0, 0.1) is 5.92 Å². The fraction of sp³-hybridized carbons (Fsp3) is 0.429. The van der Waals surface area contributed by atoms with Crippen LogP contribution in [0.4, 0.5) is 11.5 Å². The van der Waals surface area contributed by atoms with Crippen LogP contribution in [0.2, 0.25) is 0 Å². The first-order valence-corrected chi connectivity index (χ1v) is 11.3. The van der Waals surface area contributed by atoms with Gasteiger partial charge in [-0.1, -0.05) is 27.7 Å². The Balaban J connectivity index is 1.98. The number of nitrogens with one attached hydrogen (secondary N) is 1. The van der Waals surface area contributed by atoms with Crippen LogP contribution < -0.4 is 10.1 Å². The quantitative estimate of drug-likeness (QED) is 0.582. The van der Waals surface area contributed by atoms with E-state index < -0.39 is 10.0 Å². The molecule has 0 aliphatic heterocycles. The summed E-state index contributed by atoms with van der Waals surface area (Å²) >= 11 is 0.